The molecule has 0 spiro atoms. The molecule has 38 heavy (non-hydrogen) atoms. The van der Waals surface area contributed by atoms with Gasteiger partial charge >= 0.3 is 0 Å². The minimum Gasteiger partial charge on any atom is -0.497 e. The molecule has 0 saturated heterocycles. The molecule has 0 radical (unpaired) electrons. The number of methoxy groups -OCH3 is 3. The zero-order valence-electron chi connectivity index (χ0n) is 21.5. The molecule has 192 valence electrons. The lowest BCUT2D eigenvalue weighted by Gasteiger charge is -2.11. The number of carbonyl (C=O) groups is 1. The van der Waals surface area contributed by atoms with Crippen molar-refractivity contribution in [1.29, 1.82) is 0 Å². The molecule has 8 nitrogen and oxygen atoms in total. The van der Waals surface area contributed by atoms with Crippen LogP contribution in [0.1, 0.15) is 16.1 Å². The number of hydrogen-bond acceptors (Lipinski definition) is 6. The fourth-order valence-electron chi connectivity index (χ4n) is 4.26. The molecular formula is C30H28N4O4. The monoisotopic (exact) mass is 508 g/mol. The van der Waals surface area contributed by atoms with E-state index in [0.29, 0.717) is 47.2 Å². The lowest BCUT2D eigenvalue weighted by atomic mass is 10.1. The van der Waals surface area contributed by atoms with Gasteiger partial charge < -0.3 is 19.5 Å². The average Bonchev–Trinajstić information content (AvgIpc) is 3.41. The summed E-state index contributed by atoms with van der Waals surface area (Å²) in [7, 11) is 4.83. The SMILES string of the molecule is COc1cccc(-c2cc(C(=O)NCCc3ccc(OC)c(OC)c3)n3nc(-c4ccccc4)cc3n2)c1. The second-order valence-electron chi connectivity index (χ2n) is 8.62. The summed E-state index contributed by atoms with van der Waals surface area (Å²) in [5.74, 6) is 1.78. The van der Waals surface area contributed by atoms with Crippen LogP contribution in [0.15, 0.2) is 84.9 Å². The van der Waals surface area contributed by atoms with E-state index in [1.807, 2.05) is 78.9 Å². The minimum atomic E-state index is -0.246. The smallest absolute Gasteiger partial charge is 0.270 e. The Kier molecular flexibility index (Phi) is 7.21. The average molecular weight is 509 g/mol. The lowest BCUT2D eigenvalue weighted by molar-refractivity contribution is 0.0946. The first kappa shape index (κ1) is 24.8. The molecule has 0 atom stereocenters. The van der Waals surface area contributed by atoms with Gasteiger partial charge in [-0.25, -0.2) is 9.50 Å². The molecule has 0 bridgehead atoms. The fraction of sp³-hybridized carbons (Fsp3) is 0.167. The van der Waals surface area contributed by atoms with Crippen LogP contribution in [0.4, 0.5) is 0 Å². The second-order valence-corrected chi connectivity index (χ2v) is 8.62. The molecule has 1 amide bonds. The van der Waals surface area contributed by atoms with Crippen LogP contribution >= 0.6 is 0 Å². The first-order valence-corrected chi connectivity index (χ1v) is 12.2. The first-order valence-electron chi connectivity index (χ1n) is 12.2. The third kappa shape index (κ3) is 5.15. The molecule has 5 rings (SSSR count). The summed E-state index contributed by atoms with van der Waals surface area (Å²) < 4.78 is 17.7. The molecular weight excluding hydrogens is 480 g/mol. The number of carbonyl (C=O) groups excluding carboxylic acids is 1. The number of ether oxygens (including phenoxy) is 3. The Morgan fingerprint density at radius 1 is 0.789 bits per heavy atom. The Labute approximate surface area is 220 Å². The Morgan fingerprint density at radius 2 is 1.58 bits per heavy atom. The van der Waals surface area contributed by atoms with E-state index in [4.69, 9.17) is 24.3 Å². The highest BCUT2D eigenvalue weighted by atomic mass is 16.5. The molecule has 0 saturated carbocycles. The van der Waals surface area contributed by atoms with Crippen molar-refractivity contribution >= 4 is 11.6 Å². The number of fused-ring (bicyclic) bond motifs is 1. The Bertz CT molecular complexity index is 1580. The number of aromatic nitrogens is 3. The number of nitrogens with one attached hydrogen (secondary N) is 1. The maximum atomic E-state index is 13.5. The highest BCUT2D eigenvalue weighted by molar-refractivity contribution is 5.94. The number of benzene rings is 3. The lowest BCUT2D eigenvalue weighted by Crippen LogP contribution is -2.28. The Hall–Kier alpha value is -4.85. The maximum Gasteiger partial charge on any atom is 0.270 e. The van der Waals surface area contributed by atoms with Crippen LogP contribution in [0.5, 0.6) is 17.2 Å². The standard InChI is InChI=1S/C30H28N4O4/c1-36-23-11-7-10-22(17-23)24-18-26(34-29(32-24)19-25(33-34)21-8-5-4-6-9-21)30(35)31-15-14-20-12-13-27(37-2)28(16-20)38-3/h4-13,16-19H,14-15H2,1-3H3,(H,31,35). The van der Waals surface area contributed by atoms with Gasteiger partial charge in [-0.1, -0.05) is 48.5 Å². The van der Waals surface area contributed by atoms with Gasteiger partial charge in [0.25, 0.3) is 5.91 Å². The van der Waals surface area contributed by atoms with Crippen LogP contribution in [0.2, 0.25) is 0 Å². The van der Waals surface area contributed by atoms with Crippen molar-refractivity contribution in [1.82, 2.24) is 19.9 Å². The Balaban J connectivity index is 1.46. The van der Waals surface area contributed by atoms with Gasteiger partial charge in [-0.05, 0) is 42.3 Å². The van der Waals surface area contributed by atoms with Crippen molar-refractivity contribution in [2.45, 2.75) is 6.42 Å². The van der Waals surface area contributed by atoms with Crippen LogP contribution in [0.25, 0.3) is 28.2 Å². The quantitative estimate of drug-likeness (QED) is 0.299. The van der Waals surface area contributed by atoms with E-state index < -0.39 is 0 Å². The van der Waals surface area contributed by atoms with Crippen molar-refractivity contribution in [2.75, 3.05) is 27.9 Å². The van der Waals surface area contributed by atoms with E-state index in [2.05, 4.69) is 5.32 Å². The van der Waals surface area contributed by atoms with Crippen LogP contribution in [0.3, 0.4) is 0 Å². The molecule has 0 fully saturated rings. The van der Waals surface area contributed by atoms with Crippen LogP contribution < -0.4 is 19.5 Å². The summed E-state index contributed by atoms with van der Waals surface area (Å²) in [5, 5.41) is 7.75. The number of rotatable bonds is 9. The Morgan fingerprint density at radius 3 is 2.34 bits per heavy atom. The summed E-state index contributed by atoms with van der Waals surface area (Å²) in [4.78, 5) is 18.3. The minimum absolute atomic E-state index is 0.246. The number of amides is 1. The van der Waals surface area contributed by atoms with E-state index >= 15 is 0 Å². The molecule has 8 heteroatoms. The third-order valence-electron chi connectivity index (χ3n) is 6.24. The highest BCUT2D eigenvalue weighted by Crippen LogP contribution is 2.28. The van der Waals surface area contributed by atoms with Crippen LogP contribution in [-0.2, 0) is 6.42 Å². The number of nitrogens with zero attached hydrogens (tertiary/aromatic N) is 3. The summed E-state index contributed by atoms with van der Waals surface area (Å²) in [6.45, 7) is 0.430. The third-order valence-corrected chi connectivity index (χ3v) is 6.24. The van der Waals surface area contributed by atoms with Crippen molar-refractivity contribution < 1.29 is 19.0 Å². The summed E-state index contributed by atoms with van der Waals surface area (Å²) >= 11 is 0. The van der Waals surface area contributed by atoms with Gasteiger partial charge in [0.15, 0.2) is 17.1 Å². The largest absolute Gasteiger partial charge is 0.497 e. The molecule has 2 aromatic heterocycles. The summed E-state index contributed by atoms with van der Waals surface area (Å²) in [6.07, 6.45) is 0.622. The molecule has 2 heterocycles. The first-order chi connectivity index (χ1) is 18.6. The van der Waals surface area contributed by atoms with Gasteiger partial charge in [-0.3, -0.25) is 4.79 Å². The van der Waals surface area contributed by atoms with E-state index in [1.165, 1.54) is 0 Å². The van der Waals surface area contributed by atoms with Crippen molar-refractivity contribution in [2.24, 2.45) is 0 Å². The predicted octanol–water partition coefficient (Wildman–Crippen LogP) is 5.06. The zero-order valence-corrected chi connectivity index (χ0v) is 21.5. The van der Waals surface area contributed by atoms with Gasteiger partial charge in [-0.15, -0.1) is 0 Å². The zero-order chi connectivity index (χ0) is 26.5. The summed E-state index contributed by atoms with van der Waals surface area (Å²) in [6, 6.07) is 26.8. The normalized spacial score (nSPS) is 10.8. The summed E-state index contributed by atoms with van der Waals surface area (Å²) in [5.41, 5.74) is 5.16. The van der Waals surface area contributed by atoms with Gasteiger partial charge in [-0.2, -0.15) is 5.10 Å². The fourth-order valence-corrected chi connectivity index (χ4v) is 4.26. The van der Waals surface area contributed by atoms with E-state index in [0.717, 1.165) is 22.4 Å². The second kappa shape index (κ2) is 11.0. The van der Waals surface area contributed by atoms with E-state index in [1.54, 1.807) is 31.9 Å². The topological polar surface area (TPSA) is 87.0 Å². The van der Waals surface area contributed by atoms with Gasteiger partial charge in [0.1, 0.15) is 11.4 Å². The maximum absolute atomic E-state index is 13.5. The van der Waals surface area contributed by atoms with Gasteiger partial charge in [0.05, 0.1) is 32.7 Å². The molecule has 0 aliphatic carbocycles. The predicted molar refractivity (Wildman–Crippen MR) is 146 cm³/mol. The highest BCUT2D eigenvalue weighted by Gasteiger charge is 2.17. The van der Waals surface area contributed by atoms with E-state index in [9.17, 15) is 4.79 Å². The van der Waals surface area contributed by atoms with Crippen LogP contribution in [-0.4, -0.2) is 48.4 Å². The molecule has 0 unspecified atom stereocenters. The molecule has 5 aromatic rings. The van der Waals surface area contributed by atoms with Crippen molar-refractivity contribution in [3.05, 3.63) is 96.2 Å². The van der Waals surface area contributed by atoms with E-state index in [-0.39, 0.29) is 5.91 Å². The molecule has 0 aliphatic rings. The van der Waals surface area contributed by atoms with Crippen LogP contribution in [0, 0.1) is 0 Å². The number of hydrogen-bond donors (Lipinski definition) is 1. The van der Waals surface area contributed by atoms with Crippen molar-refractivity contribution in [3.63, 3.8) is 0 Å². The molecule has 1 N–H and O–H groups in total. The molecule has 0 aliphatic heterocycles. The van der Waals surface area contributed by atoms with Crippen molar-refractivity contribution in [3.8, 4) is 39.8 Å². The van der Waals surface area contributed by atoms with Gasteiger partial charge in [0, 0.05) is 23.7 Å². The van der Waals surface area contributed by atoms with Gasteiger partial charge in [0.2, 0.25) is 0 Å². The molecule has 3 aromatic carbocycles.